The molecule has 6 heteroatoms. The van der Waals surface area contributed by atoms with E-state index in [0.717, 1.165) is 16.7 Å². The Morgan fingerprint density at radius 1 is 0.875 bits per heavy atom. The van der Waals surface area contributed by atoms with E-state index in [1.165, 1.54) is 6.08 Å². The second-order valence-corrected chi connectivity index (χ2v) is 7.71. The van der Waals surface area contributed by atoms with Gasteiger partial charge in [0, 0.05) is 23.9 Å². The molecule has 0 bridgehead atoms. The van der Waals surface area contributed by atoms with Gasteiger partial charge in [0.2, 0.25) is 11.8 Å². The van der Waals surface area contributed by atoms with Crippen LogP contribution in [0.1, 0.15) is 23.1 Å². The minimum absolute atomic E-state index is 0.0666. The number of carbonyl (C=O) groups excluding carboxylic acids is 2. The van der Waals surface area contributed by atoms with Crippen molar-refractivity contribution in [1.29, 1.82) is 0 Å². The van der Waals surface area contributed by atoms with Gasteiger partial charge in [0.1, 0.15) is 0 Å². The average molecular weight is 444 g/mol. The zero-order valence-electron chi connectivity index (χ0n) is 17.8. The fourth-order valence-corrected chi connectivity index (χ4v) is 3.18. The van der Waals surface area contributed by atoms with E-state index in [-0.39, 0.29) is 16.9 Å². The molecule has 32 heavy (non-hydrogen) atoms. The van der Waals surface area contributed by atoms with Crippen molar-refractivity contribution in [2.45, 2.75) is 19.8 Å². The Morgan fingerprint density at radius 2 is 1.56 bits per heavy atom. The van der Waals surface area contributed by atoms with Gasteiger partial charge >= 0.3 is 0 Å². The molecule has 0 aromatic heterocycles. The molecule has 0 saturated heterocycles. The molecule has 3 N–H and O–H groups in total. The van der Waals surface area contributed by atoms with E-state index in [2.05, 4.69) is 16.0 Å². The van der Waals surface area contributed by atoms with Crippen molar-refractivity contribution in [2.75, 3.05) is 10.6 Å². The van der Waals surface area contributed by atoms with Gasteiger partial charge in [-0.25, -0.2) is 0 Å². The van der Waals surface area contributed by atoms with E-state index in [0.29, 0.717) is 24.2 Å². The largest absolute Gasteiger partial charge is 0.332 e. The first-order valence-electron chi connectivity index (χ1n) is 10.3. The molecule has 0 spiro atoms. The van der Waals surface area contributed by atoms with Gasteiger partial charge in [-0.05, 0) is 61.0 Å². The quantitative estimate of drug-likeness (QED) is 0.351. The summed E-state index contributed by atoms with van der Waals surface area (Å²) in [6, 6.07) is 24.9. The molecule has 0 unspecified atom stereocenters. The lowest BCUT2D eigenvalue weighted by atomic mass is 10.1. The number of rotatable bonds is 7. The van der Waals surface area contributed by atoms with E-state index >= 15 is 0 Å². The molecule has 0 fully saturated rings. The highest BCUT2D eigenvalue weighted by Crippen LogP contribution is 2.16. The Kier molecular flexibility index (Phi) is 8.29. The summed E-state index contributed by atoms with van der Waals surface area (Å²) in [6.07, 6.45) is 4.23. The molecule has 0 saturated carbocycles. The van der Waals surface area contributed by atoms with Crippen LogP contribution in [0.3, 0.4) is 0 Å². The van der Waals surface area contributed by atoms with Crippen LogP contribution in [0.2, 0.25) is 0 Å². The minimum atomic E-state index is -0.326. The highest BCUT2D eigenvalue weighted by Gasteiger charge is 2.06. The molecule has 3 rings (SSSR count). The maximum absolute atomic E-state index is 12.3. The maximum atomic E-state index is 12.3. The molecular weight excluding hydrogens is 418 g/mol. The number of hydrogen-bond acceptors (Lipinski definition) is 3. The van der Waals surface area contributed by atoms with Gasteiger partial charge in [-0.2, -0.15) is 0 Å². The third-order valence-corrected chi connectivity index (χ3v) is 4.83. The number of benzene rings is 3. The third-order valence-electron chi connectivity index (χ3n) is 4.63. The summed E-state index contributed by atoms with van der Waals surface area (Å²) >= 11 is 5.22. The molecule has 162 valence electrons. The van der Waals surface area contributed by atoms with Crippen LogP contribution < -0.4 is 16.0 Å². The molecule has 0 aliphatic carbocycles. The van der Waals surface area contributed by atoms with E-state index < -0.39 is 0 Å². The Labute approximate surface area is 193 Å². The number of carbonyl (C=O) groups is 2. The standard InChI is InChI=1S/C26H25N3O2S/c1-19-10-12-21(13-11-19)15-17-25(31)29-26(32)28-23-9-5-8-22(18-23)27-24(30)16-14-20-6-3-2-4-7-20/h2-13,15,17-18H,14,16H2,1H3,(H,27,30)(H2,28,29,31,32)/b17-15+. The van der Waals surface area contributed by atoms with Crippen molar-refractivity contribution >= 4 is 46.6 Å². The molecule has 5 nitrogen and oxygen atoms in total. The second-order valence-electron chi connectivity index (χ2n) is 7.30. The molecule has 0 atom stereocenters. The van der Waals surface area contributed by atoms with Crippen LogP contribution in [-0.4, -0.2) is 16.9 Å². The number of amides is 2. The summed E-state index contributed by atoms with van der Waals surface area (Å²) in [7, 11) is 0. The number of thiocarbonyl (C=S) groups is 1. The highest BCUT2D eigenvalue weighted by atomic mass is 32.1. The normalized spacial score (nSPS) is 10.5. The lowest BCUT2D eigenvalue weighted by Gasteiger charge is -2.11. The van der Waals surface area contributed by atoms with Crippen LogP contribution >= 0.6 is 12.2 Å². The Bertz CT molecular complexity index is 1110. The van der Waals surface area contributed by atoms with Crippen molar-refractivity contribution in [2.24, 2.45) is 0 Å². The van der Waals surface area contributed by atoms with Crippen molar-refractivity contribution in [3.63, 3.8) is 0 Å². The number of aryl methyl sites for hydroxylation is 2. The SMILES string of the molecule is Cc1ccc(/C=C/C(=O)NC(=S)Nc2cccc(NC(=O)CCc3ccccc3)c2)cc1. The van der Waals surface area contributed by atoms with Crippen LogP contribution in [-0.2, 0) is 16.0 Å². The van der Waals surface area contributed by atoms with E-state index in [1.807, 2.05) is 61.5 Å². The van der Waals surface area contributed by atoms with Gasteiger partial charge in [0.05, 0.1) is 0 Å². The van der Waals surface area contributed by atoms with Crippen LogP contribution in [0.25, 0.3) is 6.08 Å². The van der Waals surface area contributed by atoms with Crippen molar-refractivity contribution < 1.29 is 9.59 Å². The highest BCUT2D eigenvalue weighted by molar-refractivity contribution is 7.80. The third kappa shape index (κ3) is 7.81. The predicted octanol–water partition coefficient (Wildman–Crippen LogP) is 5.09. The van der Waals surface area contributed by atoms with Crippen LogP contribution in [0.5, 0.6) is 0 Å². The molecule has 0 heterocycles. The van der Waals surface area contributed by atoms with Gasteiger partial charge in [0.15, 0.2) is 5.11 Å². The molecule has 0 aliphatic rings. The monoisotopic (exact) mass is 443 g/mol. The van der Waals surface area contributed by atoms with Crippen molar-refractivity contribution in [3.05, 3.63) is 102 Å². The van der Waals surface area contributed by atoms with Crippen molar-refractivity contribution in [3.8, 4) is 0 Å². The summed E-state index contributed by atoms with van der Waals surface area (Å²) in [5, 5.41) is 8.65. The molecule has 2 amide bonds. The first-order valence-corrected chi connectivity index (χ1v) is 10.7. The number of hydrogen-bond donors (Lipinski definition) is 3. The van der Waals surface area contributed by atoms with Crippen LogP contribution in [0.4, 0.5) is 11.4 Å². The summed E-state index contributed by atoms with van der Waals surface area (Å²) < 4.78 is 0. The zero-order chi connectivity index (χ0) is 22.8. The maximum Gasteiger partial charge on any atom is 0.250 e. The van der Waals surface area contributed by atoms with Crippen LogP contribution in [0, 0.1) is 6.92 Å². The van der Waals surface area contributed by atoms with Crippen molar-refractivity contribution in [1.82, 2.24) is 5.32 Å². The van der Waals surface area contributed by atoms with Gasteiger partial charge in [-0.1, -0.05) is 66.2 Å². The van der Waals surface area contributed by atoms with Gasteiger partial charge in [-0.15, -0.1) is 0 Å². The lowest BCUT2D eigenvalue weighted by Crippen LogP contribution is -2.32. The fraction of sp³-hybridized carbons (Fsp3) is 0.115. The predicted molar refractivity (Wildman–Crippen MR) is 134 cm³/mol. The Morgan fingerprint density at radius 3 is 2.28 bits per heavy atom. The molecule has 0 aliphatic heterocycles. The van der Waals surface area contributed by atoms with E-state index in [9.17, 15) is 9.59 Å². The minimum Gasteiger partial charge on any atom is -0.332 e. The topological polar surface area (TPSA) is 70.2 Å². The summed E-state index contributed by atoms with van der Waals surface area (Å²) in [4.78, 5) is 24.4. The smallest absolute Gasteiger partial charge is 0.250 e. The van der Waals surface area contributed by atoms with E-state index in [4.69, 9.17) is 12.2 Å². The first-order chi connectivity index (χ1) is 15.5. The summed E-state index contributed by atoms with van der Waals surface area (Å²) in [5.74, 6) is -0.392. The second kappa shape index (κ2) is 11.6. The van der Waals surface area contributed by atoms with Gasteiger partial charge in [-0.3, -0.25) is 14.9 Å². The lowest BCUT2D eigenvalue weighted by molar-refractivity contribution is -0.116. The van der Waals surface area contributed by atoms with E-state index in [1.54, 1.807) is 30.3 Å². The molecule has 3 aromatic carbocycles. The van der Waals surface area contributed by atoms with Gasteiger partial charge < -0.3 is 10.6 Å². The molecule has 0 radical (unpaired) electrons. The Hall–Kier alpha value is -3.77. The number of nitrogens with one attached hydrogen (secondary N) is 3. The summed E-state index contributed by atoms with van der Waals surface area (Å²) in [5.41, 5.74) is 4.53. The van der Waals surface area contributed by atoms with Gasteiger partial charge in [0.25, 0.3) is 0 Å². The fourth-order valence-electron chi connectivity index (χ4n) is 2.97. The average Bonchev–Trinajstić information content (AvgIpc) is 2.78. The molecule has 3 aromatic rings. The molecular formula is C26H25N3O2S. The summed E-state index contributed by atoms with van der Waals surface area (Å²) in [6.45, 7) is 2.01. The number of anilines is 2. The van der Waals surface area contributed by atoms with Crippen LogP contribution in [0.15, 0.2) is 84.9 Å². The Balaban J connectivity index is 1.47. The first kappa shape index (κ1) is 22.9. The zero-order valence-corrected chi connectivity index (χ0v) is 18.6.